The first-order chi connectivity index (χ1) is 19.0. The molecule has 6 rings (SSSR count). The first kappa shape index (κ1) is 25.6. The zero-order valence-electron chi connectivity index (χ0n) is 22.6. The van der Waals surface area contributed by atoms with Gasteiger partial charge in [-0.1, -0.05) is 30.3 Å². The van der Waals surface area contributed by atoms with Crippen LogP contribution >= 0.6 is 0 Å². The lowest BCUT2D eigenvalue weighted by atomic mass is 9.92. The molecular weight excluding hydrogens is 490 g/mol. The number of ether oxygens (including phenoxy) is 2. The van der Waals surface area contributed by atoms with E-state index < -0.39 is 0 Å². The van der Waals surface area contributed by atoms with Crippen molar-refractivity contribution in [3.05, 3.63) is 70.3 Å². The summed E-state index contributed by atoms with van der Waals surface area (Å²) in [6.07, 6.45) is 2.62. The van der Waals surface area contributed by atoms with Gasteiger partial charge < -0.3 is 25.1 Å². The van der Waals surface area contributed by atoms with Gasteiger partial charge in [0, 0.05) is 47.8 Å². The molecule has 39 heavy (non-hydrogen) atoms. The van der Waals surface area contributed by atoms with Crippen LogP contribution < -0.4 is 11.1 Å². The number of rotatable bonds is 10. The fourth-order valence-corrected chi connectivity index (χ4v) is 6.14. The minimum absolute atomic E-state index is 0.00411. The molecule has 0 saturated carbocycles. The Morgan fingerprint density at radius 1 is 1.10 bits per heavy atom. The average Bonchev–Trinajstić information content (AvgIpc) is 3.60. The third-order valence-electron chi connectivity index (χ3n) is 7.83. The van der Waals surface area contributed by atoms with E-state index in [9.17, 15) is 9.59 Å². The van der Waals surface area contributed by atoms with Crippen LogP contribution in [0, 0.1) is 0 Å². The number of esters is 1. The molecule has 3 aromatic carbocycles. The SMILES string of the molecule is CC(C)OCc1ccc2c(c1)c1c3c(c4c(c1n2CCCOC(=O)CCCN)Cc1ccccc1-4)C(=O)NC3. The highest BCUT2D eigenvalue weighted by atomic mass is 16.5. The molecule has 1 aliphatic heterocycles. The number of nitrogens with two attached hydrogens (primary N) is 1. The van der Waals surface area contributed by atoms with Crippen molar-refractivity contribution in [1.82, 2.24) is 9.88 Å². The molecule has 0 unspecified atom stereocenters. The molecule has 1 aliphatic carbocycles. The quantitative estimate of drug-likeness (QED) is 0.193. The molecule has 7 nitrogen and oxygen atoms in total. The second kappa shape index (κ2) is 10.5. The number of carbonyl (C=O) groups excluding carboxylic acids is 2. The highest BCUT2D eigenvalue weighted by molar-refractivity contribution is 6.20. The number of hydrogen-bond acceptors (Lipinski definition) is 5. The summed E-state index contributed by atoms with van der Waals surface area (Å²) >= 11 is 0. The Labute approximate surface area is 228 Å². The highest BCUT2D eigenvalue weighted by Crippen LogP contribution is 2.48. The predicted molar refractivity (Wildman–Crippen MR) is 153 cm³/mol. The molecule has 1 amide bonds. The zero-order valence-corrected chi connectivity index (χ0v) is 22.6. The Morgan fingerprint density at radius 3 is 2.77 bits per heavy atom. The lowest BCUT2D eigenvalue weighted by Crippen LogP contribution is -2.13. The van der Waals surface area contributed by atoms with E-state index in [0.717, 1.165) is 50.5 Å². The summed E-state index contributed by atoms with van der Waals surface area (Å²) < 4.78 is 13.8. The van der Waals surface area contributed by atoms with Crippen molar-refractivity contribution in [1.29, 1.82) is 0 Å². The molecule has 0 atom stereocenters. The van der Waals surface area contributed by atoms with Crippen molar-refractivity contribution < 1.29 is 19.1 Å². The number of aryl methyl sites for hydroxylation is 1. The van der Waals surface area contributed by atoms with Crippen molar-refractivity contribution in [2.75, 3.05) is 13.2 Å². The fraction of sp³-hybridized carbons (Fsp3) is 0.375. The van der Waals surface area contributed by atoms with Crippen LogP contribution in [0.4, 0.5) is 0 Å². The Morgan fingerprint density at radius 2 is 1.95 bits per heavy atom. The van der Waals surface area contributed by atoms with Crippen LogP contribution in [-0.2, 0) is 40.4 Å². The Kier molecular flexibility index (Phi) is 6.87. The summed E-state index contributed by atoms with van der Waals surface area (Å²) in [5.41, 5.74) is 15.5. The van der Waals surface area contributed by atoms with E-state index >= 15 is 0 Å². The van der Waals surface area contributed by atoms with Gasteiger partial charge in [0.05, 0.1) is 30.4 Å². The number of aromatic nitrogens is 1. The van der Waals surface area contributed by atoms with Crippen LogP contribution in [0.25, 0.3) is 32.9 Å². The van der Waals surface area contributed by atoms with Gasteiger partial charge in [-0.2, -0.15) is 0 Å². The van der Waals surface area contributed by atoms with Crippen LogP contribution in [0.15, 0.2) is 42.5 Å². The second-order valence-corrected chi connectivity index (χ2v) is 10.8. The van der Waals surface area contributed by atoms with E-state index in [4.69, 9.17) is 15.2 Å². The average molecular weight is 526 g/mol. The number of nitrogens with zero attached hydrogens (tertiary/aromatic N) is 1. The lowest BCUT2D eigenvalue weighted by molar-refractivity contribution is -0.143. The van der Waals surface area contributed by atoms with Crippen LogP contribution in [0.5, 0.6) is 0 Å². The number of fused-ring (bicyclic) bond motifs is 10. The standard InChI is InChI=1S/C32H35N3O4/c1-19(2)39-18-20-10-11-26-23(15-20)29-25-17-34-32(37)30(25)28-22-8-4-3-7-21(22)16-24(28)31(29)35(26)13-6-14-38-27(36)9-5-12-33/h3-4,7-8,10-11,15,19H,5-6,9,12-14,16-18,33H2,1-2H3,(H,34,37). The molecule has 2 aliphatic rings. The van der Waals surface area contributed by atoms with E-state index in [0.29, 0.717) is 52.1 Å². The van der Waals surface area contributed by atoms with Crippen LogP contribution in [-0.4, -0.2) is 35.7 Å². The van der Waals surface area contributed by atoms with Gasteiger partial charge in [0.1, 0.15) is 0 Å². The largest absolute Gasteiger partial charge is 0.466 e. The minimum Gasteiger partial charge on any atom is -0.466 e. The maximum atomic E-state index is 13.2. The van der Waals surface area contributed by atoms with E-state index in [1.165, 1.54) is 16.6 Å². The smallest absolute Gasteiger partial charge is 0.305 e. The van der Waals surface area contributed by atoms with Crippen molar-refractivity contribution in [2.24, 2.45) is 5.73 Å². The Bertz CT molecular complexity index is 1600. The molecule has 0 fully saturated rings. The number of hydrogen-bond donors (Lipinski definition) is 2. The van der Waals surface area contributed by atoms with E-state index in [1.54, 1.807) is 0 Å². The summed E-state index contributed by atoms with van der Waals surface area (Å²) in [7, 11) is 0. The molecule has 0 bridgehead atoms. The third kappa shape index (κ3) is 4.49. The molecule has 0 radical (unpaired) electrons. The van der Waals surface area contributed by atoms with Crippen molar-refractivity contribution in [3.63, 3.8) is 0 Å². The van der Waals surface area contributed by atoms with Crippen LogP contribution in [0.2, 0.25) is 0 Å². The molecule has 4 aromatic rings. The monoisotopic (exact) mass is 525 g/mol. The Balaban J connectivity index is 1.50. The van der Waals surface area contributed by atoms with Gasteiger partial charge >= 0.3 is 5.97 Å². The molecule has 202 valence electrons. The van der Waals surface area contributed by atoms with Gasteiger partial charge in [-0.3, -0.25) is 9.59 Å². The maximum absolute atomic E-state index is 13.2. The van der Waals surface area contributed by atoms with Gasteiger partial charge in [0.15, 0.2) is 0 Å². The summed E-state index contributed by atoms with van der Waals surface area (Å²) in [6.45, 7) is 6.68. The van der Waals surface area contributed by atoms with E-state index in [2.05, 4.69) is 46.3 Å². The van der Waals surface area contributed by atoms with Gasteiger partial charge in [-0.25, -0.2) is 0 Å². The van der Waals surface area contributed by atoms with E-state index in [-0.39, 0.29) is 18.0 Å². The summed E-state index contributed by atoms with van der Waals surface area (Å²) in [6, 6.07) is 14.9. The Hall–Kier alpha value is -3.68. The molecule has 2 heterocycles. The van der Waals surface area contributed by atoms with Crippen molar-refractivity contribution >= 4 is 33.7 Å². The van der Waals surface area contributed by atoms with Gasteiger partial charge in [-0.15, -0.1) is 0 Å². The van der Waals surface area contributed by atoms with Crippen molar-refractivity contribution in [2.45, 2.75) is 65.3 Å². The van der Waals surface area contributed by atoms with Gasteiger partial charge in [-0.05, 0) is 73.2 Å². The topological polar surface area (TPSA) is 95.6 Å². The van der Waals surface area contributed by atoms with E-state index in [1.807, 2.05) is 19.9 Å². The maximum Gasteiger partial charge on any atom is 0.305 e. The summed E-state index contributed by atoms with van der Waals surface area (Å²) in [5.74, 6) is -0.194. The molecule has 0 saturated heterocycles. The van der Waals surface area contributed by atoms with Gasteiger partial charge in [0.25, 0.3) is 5.91 Å². The molecule has 1 aromatic heterocycles. The molecule has 0 spiro atoms. The third-order valence-corrected chi connectivity index (χ3v) is 7.83. The predicted octanol–water partition coefficient (Wildman–Crippen LogP) is 5.21. The van der Waals surface area contributed by atoms with Crippen LogP contribution in [0.1, 0.15) is 65.7 Å². The molecular formula is C32H35N3O4. The lowest BCUT2D eigenvalue weighted by Gasteiger charge is -2.14. The normalized spacial score (nSPS) is 13.7. The number of amides is 1. The number of nitrogens with one attached hydrogen (secondary N) is 1. The zero-order chi connectivity index (χ0) is 27.1. The molecule has 7 heteroatoms. The fourth-order valence-electron chi connectivity index (χ4n) is 6.14. The van der Waals surface area contributed by atoms with Crippen LogP contribution in [0.3, 0.4) is 0 Å². The molecule has 3 N–H and O–H groups in total. The first-order valence-corrected chi connectivity index (χ1v) is 13.9. The first-order valence-electron chi connectivity index (χ1n) is 13.9. The number of carbonyl (C=O) groups is 2. The summed E-state index contributed by atoms with van der Waals surface area (Å²) in [4.78, 5) is 25.3. The number of benzene rings is 3. The minimum atomic E-state index is -0.198. The summed E-state index contributed by atoms with van der Waals surface area (Å²) in [5, 5.41) is 5.40. The van der Waals surface area contributed by atoms with Gasteiger partial charge in [0.2, 0.25) is 0 Å². The highest BCUT2D eigenvalue weighted by Gasteiger charge is 2.35. The van der Waals surface area contributed by atoms with Crippen molar-refractivity contribution in [3.8, 4) is 11.1 Å². The second-order valence-electron chi connectivity index (χ2n) is 10.8.